The summed E-state index contributed by atoms with van der Waals surface area (Å²) in [4.78, 5) is 10.5. The van der Waals surface area contributed by atoms with E-state index in [0.29, 0.717) is 11.5 Å². The van der Waals surface area contributed by atoms with Gasteiger partial charge in [0, 0.05) is 5.56 Å². The number of ether oxygens (including phenoxy) is 1. The van der Waals surface area contributed by atoms with Crippen molar-refractivity contribution in [1.29, 1.82) is 0 Å². The maximum Gasteiger partial charge on any atom is 0.150 e. The number of benzene rings is 1. The third-order valence-corrected chi connectivity index (χ3v) is 2.51. The van der Waals surface area contributed by atoms with Crippen LogP contribution in [0.4, 0.5) is 0 Å². The summed E-state index contributed by atoms with van der Waals surface area (Å²) in [5.41, 5.74) is 1.91. The van der Waals surface area contributed by atoms with Crippen LogP contribution in [-0.2, 0) is 0 Å². The van der Waals surface area contributed by atoms with Crippen molar-refractivity contribution in [3.05, 3.63) is 29.3 Å². The third-order valence-electron chi connectivity index (χ3n) is 2.51. The van der Waals surface area contributed by atoms with E-state index >= 15 is 0 Å². The van der Waals surface area contributed by atoms with Gasteiger partial charge in [0.15, 0.2) is 0 Å². The Morgan fingerprint density at radius 1 is 1.54 bits per heavy atom. The van der Waals surface area contributed by atoms with Gasteiger partial charge in [0.05, 0.1) is 6.61 Å². The molecule has 2 rings (SSSR count). The molecule has 1 unspecified atom stereocenters. The first-order chi connectivity index (χ1) is 6.31. The molecule has 1 atom stereocenters. The summed E-state index contributed by atoms with van der Waals surface area (Å²) in [5.74, 6) is 1.42. The van der Waals surface area contributed by atoms with Gasteiger partial charge in [0.25, 0.3) is 0 Å². The lowest BCUT2D eigenvalue weighted by Gasteiger charge is -2.22. The van der Waals surface area contributed by atoms with Crippen molar-refractivity contribution in [2.45, 2.75) is 19.3 Å². The van der Waals surface area contributed by atoms with E-state index in [-0.39, 0.29) is 0 Å². The Balaban J connectivity index is 2.45. The second-order valence-electron chi connectivity index (χ2n) is 3.45. The molecule has 0 saturated carbocycles. The highest BCUT2D eigenvalue weighted by atomic mass is 16.5. The lowest BCUT2D eigenvalue weighted by atomic mass is 9.94. The molecule has 1 heterocycles. The molecule has 1 aromatic carbocycles. The van der Waals surface area contributed by atoms with Crippen molar-refractivity contribution >= 4 is 6.29 Å². The smallest absolute Gasteiger partial charge is 0.150 e. The molecule has 1 aliphatic rings. The van der Waals surface area contributed by atoms with Gasteiger partial charge in [0.2, 0.25) is 0 Å². The SMILES string of the molecule is CC1CCOc2cc(C=O)ccc21. The van der Waals surface area contributed by atoms with E-state index in [4.69, 9.17) is 4.74 Å². The maximum atomic E-state index is 10.5. The minimum Gasteiger partial charge on any atom is -0.493 e. The zero-order chi connectivity index (χ0) is 9.26. The second-order valence-corrected chi connectivity index (χ2v) is 3.45. The molecule has 1 aromatic rings. The van der Waals surface area contributed by atoms with Crippen LogP contribution in [0, 0.1) is 0 Å². The molecule has 1 aliphatic heterocycles. The van der Waals surface area contributed by atoms with E-state index in [2.05, 4.69) is 6.92 Å². The fourth-order valence-electron chi connectivity index (χ4n) is 1.66. The molecule has 2 nitrogen and oxygen atoms in total. The zero-order valence-corrected chi connectivity index (χ0v) is 7.62. The van der Waals surface area contributed by atoms with Crippen LogP contribution in [0.25, 0.3) is 0 Å². The monoisotopic (exact) mass is 176 g/mol. The lowest BCUT2D eigenvalue weighted by molar-refractivity contribution is 0.112. The summed E-state index contributed by atoms with van der Waals surface area (Å²) >= 11 is 0. The zero-order valence-electron chi connectivity index (χ0n) is 7.62. The largest absolute Gasteiger partial charge is 0.493 e. The number of rotatable bonds is 1. The number of aldehydes is 1. The molecule has 2 heteroatoms. The van der Waals surface area contributed by atoms with Crippen LogP contribution >= 0.6 is 0 Å². The predicted octanol–water partition coefficient (Wildman–Crippen LogP) is 2.39. The first-order valence-corrected chi connectivity index (χ1v) is 4.53. The summed E-state index contributed by atoms with van der Waals surface area (Å²) in [7, 11) is 0. The predicted molar refractivity (Wildman–Crippen MR) is 50.4 cm³/mol. The molecule has 0 aliphatic carbocycles. The van der Waals surface area contributed by atoms with Crippen LogP contribution in [0.1, 0.15) is 35.2 Å². The Morgan fingerprint density at radius 2 is 2.38 bits per heavy atom. The van der Waals surface area contributed by atoms with Crippen molar-refractivity contribution in [2.24, 2.45) is 0 Å². The highest BCUT2D eigenvalue weighted by molar-refractivity contribution is 5.76. The van der Waals surface area contributed by atoms with E-state index in [1.165, 1.54) is 5.56 Å². The summed E-state index contributed by atoms with van der Waals surface area (Å²) in [6.45, 7) is 2.94. The standard InChI is InChI=1S/C11H12O2/c1-8-4-5-13-11-6-9(7-12)2-3-10(8)11/h2-3,6-8H,4-5H2,1H3. The third kappa shape index (κ3) is 1.44. The molecule has 0 amide bonds. The first kappa shape index (κ1) is 8.30. The van der Waals surface area contributed by atoms with E-state index in [1.807, 2.05) is 18.2 Å². The second kappa shape index (κ2) is 3.21. The molecule has 0 aromatic heterocycles. The van der Waals surface area contributed by atoms with E-state index in [0.717, 1.165) is 25.1 Å². The van der Waals surface area contributed by atoms with Crippen LogP contribution in [0.15, 0.2) is 18.2 Å². The Kier molecular flexibility index (Phi) is 2.05. The van der Waals surface area contributed by atoms with Crippen molar-refractivity contribution in [3.63, 3.8) is 0 Å². The van der Waals surface area contributed by atoms with Gasteiger partial charge < -0.3 is 4.74 Å². The number of hydrogen-bond donors (Lipinski definition) is 0. The van der Waals surface area contributed by atoms with Gasteiger partial charge in [0.1, 0.15) is 12.0 Å². The van der Waals surface area contributed by atoms with Crippen molar-refractivity contribution in [3.8, 4) is 5.75 Å². The van der Waals surface area contributed by atoms with Gasteiger partial charge in [-0.3, -0.25) is 4.79 Å². The lowest BCUT2D eigenvalue weighted by Crippen LogP contribution is -2.12. The average molecular weight is 176 g/mol. The molecule has 0 N–H and O–H groups in total. The fourth-order valence-corrected chi connectivity index (χ4v) is 1.66. The molecule has 13 heavy (non-hydrogen) atoms. The Hall–Kier alpha value is -1.31. The van der Waals surface area contributed by atoms with E-state index in [1.54, 1.807) is 0 Å². The fraction of sp³-hybridized carbons (Fsp3) is 0.364. The molecular formula is C11H12O2. The van der Waals surface area contributed by atoms with Crippen molar-refractivity contribution in [2.75, 3.05) is 6.61 Å². The van der Waals surface area contributed by atoms with Crippen LogP contribution in [-0.4, -0.2) is 12.9 Å². The van der Waals surface area contributed by atoms with Gasteiger partial charge in [-0.15, -0.1) is 0 Å². The minimum absolute atomic E-state index is 0.546. The number of carbonyl (C=O) groups excluding carboxylic acids is 1. The molecule has 0 saturated heterocycles. The summed E-state index contributed by atoms with van der Waals surface area (Å²) < 4.78 is 5.48. The van der Waals surface area contributed by atoms with Gasteiger partial charge >= 0.3 is 0 Å². The number of fused-ring (bicyclic) bond motifs is 1. The number of carbonyl (C=O) groups is 1. The van der Waals surface area contributed by atoms with E-state index in [9.17, 15) is 4.79 Å². The highest BCUT2D eigenvalue weighted by Crippen LogP contribution is 2.33. The van der Waals surface area contributed by atoms with Crippen molar-refractivity contribution in [1.82, 2.24) is 0 Å². The van der Waals surface area contributed by atoms with Gasteiger partial charge in [-0.25, -0.2) is 0 Å². The molecule has 68 valence electrons. The Bertz CT molecular complexity index is 331. The molecular weight excluding hydrogens is 164 g/mol. The summed E-state index contributed by atoms with van der Waals surface area (Å²) in [5, 5.41) is 0. The van der Waals surface area contributed by atoms with Gasteiger partial charge in [-0.1, -0.05) is 19.1 Å². The van der Waals surface area contributed by atoms with Crippen LogP contribution in [0.5, 0.6) is 5.75 Å². The average Bonchev–Trinajstić information content (AvgIpc) is 2.18. The van der Waals surface area contributed by atoms with Gasteiger partial charge in [-0.05, 0) is 24.0 Å². The highest BCUT2D eigenvalue weighted by Gasteiger charge is 2.17. The molecule has 0 fully saturated rings. The van der Waals surface area contributed by atoms with Gasteiger partial charge in [-0.2, -0.15) is 0 Å². The summed E-state index contributed by atoms with van der Waals surface area (Å²) in [6.07, 6.45) is 1.91. The Morgan fingerprint density at radius 3 is 3.15 bits per heavy atom. The van der Waals surface area contributed by atoms with Crippen LogP contribution in [0.2, 0.25) is 0 Å². The van der Waals surface area contributed by atoms with Crippen LogP contribution < -0.4 is 4.74 Å². The van der Waals surface area contributed by atoms with Crippen molar-refractivity contribution < 1.29 is 9.53 Å². The topological polar surface area (TPSA) is 26.3 Å². The quantitative estimate of drug-likeness (QED) is 0.614. The first-order valence-electron chi connectivity index (χ1n) is 4.53. The van der Waals surface area contributed by atoms with E-state index < -0.39 is 0 Å². The minimum atomic E-state index is 0.546. The molecule has 0 bridgehead atoms. The normalized spacial score (nSPS) is 20.2. The van der Waals surface area contributed by atoms with Crippen LogP contribution in [0.3, 0.4) is 0 Å². The summed E-state index contributed by atoms with van der Waals surface area (Å²) in [6, 6.07) is 5.65. The number of hydrogen-bond acceptors (Lipinski definition) is 2. The Labute approximate surface area is 77.5 Å². The molecule has 0 spiro atoms. The molecule has 0 radical (unpaired) electrons. The maximum absolute atomic E-state index is 10.5.